The summed E-state index contributed by atoms with van der Waals surface area (Å²) in [6.07, 6.45) is 2.09. The molecule has 0 aromatic heterocycles. The fourth-order valence-electron chi connectivity index (χ4n) is 2.73. The van der Waals surface area contributed by atoms with Crippen LogP contribution in [0.3, 0.4) is 0 Å². The van der Waals surface area contributed by atoms with Crippen LogP contribution in [0.2, 0.25) is 0 Å². The van der Waals surface area contributed by atoms with Gasteiger partial charge in [0.05, 0.1) is 0 Å². The maximum Gasteiger partial charge on any atom is 0.170 e. The third kappa shape index (κ3) is 5.58. The van der Waals surface area contributed by atoms with E-state index in [0.717, 1.165) is 38.5 Å². The largest absolute Gasteiger partial charge is 0.508 e. The van der Waals surface area contributed by atoms with Crippen molar-refractivity contribution in [3.8, 4) is 11.5 Å². The van der Waals surface area contributed by atoms with Gasteiger partial charge >= 0.3 is 0 Å². The van der Waals surface area contributed by atoms with Crippen molar-refractivity contribution < 1.29 is 14.6 Å². The van der Waals surface area contributed by atoms with E-state index in [1.54, 1.807) is 6.07 Å². The third-order valence-electron chi connectivity index (χ3n) is 4.14. The van der Waals surface area contributed by atoms with Crippen LogP contribution < -0.4 is 4.74 Å². The molecule has 0 aliphatic heterocycles. The van der Waals surface area contributed by atoms with Crippen LogP contribution in [0.25, 0.3) is 0 Å². The molecule has 0 aliphatic carbocycles. The molecule has 0 fully saturated rings. The maximum absolute atomic E-state index is 11.6. The van der Waals surface area contributed by atoms with E-state index in [4.69, 9.17) is 4.74 Å². The topological polar surface area (TPSA) is 46.5 Å². The normalized spacial score (nSPS) is 11.0. The van der Waals surface area contributed by atoms with Crippen LogP contribution in [0.5, 0.6) is 11.5 Å². The van der Waals surface area contributed by atoms with E-state index in [2.05, 4.69) is 45.7 Å². The number of benzene rings is 2. The predicted octanol–water partition coefficient (Wildman–Crippen LogP) is 6.38. The number of phenols is 1. The lowest BCUT2D eigenvalue weighted by Gasteiger charge is -2.14. The molecule has 0 radical (unpaired) electrons. The van der Waals surface area contributed by atoms with Crippen LogP contribution in [0.15, 0.2) is 39.3 Å². The second-order valence-corrected chi connectivity index (χ2v) is 8.38. The first-order valence-electron chi connectivity index (χ1n) is 8.76. The van der Waals surface area contributed by atoms with Gasteiger partial charge in [-0.25, -0.2) is 0 Å². The predicted molar refractivity (Wildman–Crippen MR) is 112 cm³/mol. The van der Waals surface area contributed by atoms with Crippen molar-refractivity contribution in [2.24, 2.45) is 0 Å². The van der Waals surface area contributed by atoms with Gasteiger partial charge in [0.2, 0.25) is 0 Å². The molecule has 140 valence electrons. The molecule has 1 N–H and O–H groups in total. The summed E-state index contributed by atoms with van der Waals surface area (Å²) in [7, 11) is 0. The van der Waals surface area contributed by atoms with Gasteiger partial charge in [-0.2, -0.15) is 0 Å². The van der Waals surface area contributed by atoms with E-state index in [-0.39, 0.29) is 18.3 Å². The average Bonchev–Trinajstić information content (AvgIpc) is 2.57. The number of carbonyl (C=O) groups excluding carboxylic acids is 1. The molecule has 0 amide bonds. The molecular weight excluding hydrogens is 460 g/mol. The Kier molecular flexibility index (Phi) is 7.71. The zero-order valence-corrected chi connectivity index (χ0v) is 18.5. The lowest BCUT2D eigenvalue weighted by Crippen LogP contribution is -2.10. The number of rotatable bonds is 8. The summed E-state index contributed by atoms with van der Waals surface area (Å²) in [4.78, 5) is 11.6. The summed E-state index contributed by atoms with van der Waals surface area (Å²) >= 11 is 7.22. The molecule has 0 saturated carbocycles. The Bertz CT molecular complexity index is 762. The number of hydrogen-bond acceptors (Lipinski definition) is 3. The summed E-state index contributed by atoms with van der Waals surface area (Å²) in [5.74, 6) is 1.36. The Morgan fingerprint density at radius 3 is 2.38 bits per heavy atom. The first-order chi connectivity index (χ1) is 12.3. The van der Waals surface area contributed by atoms with Crippen molar-refractivity contribution in [1.29, 1.82) is 0 Å². The smallest absolute Gasteiger partial charge is 0.170 e. The van der Waals surface area contributed by atoms with E-state index >= 15 is 0 Å². The van der Waals surface area contributed by atoms with E-state index in [0.29, 0.717) is 17.9 Å². The first-order valence-corrected chi connectivity index (χ1v) is 10.3. The van der Waals surface area contributed by atoms with Gasteiger partial charge in [0.1, 0.15) is 18.1 Å². The van der Waals surface area contributed by atoms with Gasteiger partial charge in [0.25, 0.3) is 0 Å². The van der Waals surface area contributed by atoms with Gasteiger partial charge in [0, 0.05) is 15.4 Å². The van der Waals surface area contributed by atoms with Crippen LogP contribution in [0.1, 0.15) is 56.2 Å². The molecule has 0 atom stereocenters. The molecule has 2 rings (SSSR count). The molecule has 5 heteroatoms. The number of halogens is 2. The van der Waals surface area contributed by atoms with Crippen molar-refractivity contribution in [3.63, 3.8) is 0 Å². The molecule has 0 heterocycles. The van der Waals surface area contributed by atoms with Gasteiger partial charge in [-0.05, 0) is 53.6 Å². The Morgan fingerprint density at radius 1 is 1.15 bits per heavy atom. The van der Waals surface area contributed by atoms with Gasteiger partial charge in [-0.3, -0.25) is 4.79 Å². The number of carbonyl (C=O) groups is 1. The van der Waals surface area contributed by atoms with E-state index in [1.165, 1.54) is 0 Å². The van der Waals surface area contributed by atoms with E-state index in [1.807, 2.05) is 31.2 Å². The molecule has 3 nitrogen and oxygen atoms in total. The molecule has 2 aromatic carbocycles. The highest BCUT2D eigenvalue weighted by molar-refractivity contribution is 9.11. The van der Waals surface area contributed by atoms with Gasteiger partial charge in [0.15, 0.2) is 5.78 Å². The standard InChI is InChI=1S/C21H24Br2O3/c1-4-5-15(24)12-26-16-10-19(22)18(20(23)11-16)9-14-6-7-21(25)17(8-14)13(2)3/h6-8,10-11,13,25H,4-5,9,12H2,1-3H3. The van der Waals surface area contributed by atoms with Gasteiger partial charge < -0.3 is 9.84 Å². The minimum Gasteiger partial charge on any atom is -0.508 e. The molecule has 0 saturated heterocycles. The minimum absolute atomic E-state index is 0.0990. The van der Waals surface area contributed by atoms with Crippen LogP contribution in [0.4, 0.5) is 0 Å². The molecule has 0 unspecified atom stereocenters. The van der Waals surface area contributed by atoms with Crippen LogP contribution in [0, 0.1) is 0 Å². The molecule has 0 spiro atoms. The first kappa shape index (κ1) is 21.0. The van der Waals surface area contributed by atoms with Crippen LogP contribution in [-0.2, 0) is 11.2 Å². The quantitative estimate of drug-likeness (QED) is 0.473. The average molecular weight is 484 g/mol. The number of ketones is 1. The Morgan fingerprint density at radius 2 is 1.81 bits per heavy atom. The molecule has 2 aromatic rings. The van der Waals surface area contributed by atoms with Crippen molar-refractivity contribution in [3.05, 3.63) is 56.0 Å². The highest BCUT2D eigenvalue weighted by Crippen LogP contribution is 2.34. The third-order valence-corrected chi connectivity index (χ3v) is 5.55. The van der Waals surface area contributed by atoms with Gasteiger partial charge in [-0.1, -0.05) is 64.8 Å². The lowest BCUT2D eigenvalue weighted by molar-refractivity contribution is -0.121. The monoisotopic (exact) mass is 482 g/mol. The molecular formula is C21H24Br2O3. The second kappa shape index (κ2) is 9.56. The summed E-state index contributed by atoms with van der Waals surface area (Å²) in [6.45, 7) is 6.21. The molecule has 26 heavy (non-hydrogen) atoms. The van der Waals surface area contributed by atoms with Crippen molar-refractivity contribution in [2.75, 3.05) is 6.61 Å². The Hall–Kier alpha value is -1.33. The zero-order chi connectivity index (χ0) is 19.3. The van der Waals surface area contributed by atoms with Crippen LogP contribution in [-0.4, -0.2) is 17.5 Å². The fraction of sp³-hybridized carbons (Fsp3) is 0.381. The SMILES string of the molecule is CCCC(=O)COc1cc(Br)c(Cc2ccc(O)c(C(C)C)c2)c(Br)c1. The summed E-state index contributed by atoms with van der Waals surface area (Å²) in [5.41, 5.74) is 3.17. The number of aromatic hydroxyl groups is 1. The number of hydrogen-bond donors (Lipinski definition) is 1. The van der Waals surface area contributed by atoms with E-state index < -0.39 is 0 Å². The van der Waals surface area contributed by atoms with Crippen LogP contribution >= 0.6 is 31.9 Å². The second-order valence-electron chi connectivity index (χ2n) is 6.67. The Labute approximate surface area is 172 Å². The maximum atomic E-state index is 11.6. The van der Waals surface area contributed by atoms with E-state index in [9.17, 15) is 9.90 Å². The van der Waals surface area contributed by atoms with Crippen molar-refractivity contribution in [1.82, 2.24) is 0 Å². The number of Topliss-reactive ketones (excluding diaryl/α,β-unsaturated/α-hetero) is 1. The Balaban J connectivity index is 2.18. The van der Waals surface area contributed by atoms with Gasteiger partial charge in [-0.15, -0.1) is 0 Å². The van der Waals surface area contributed by atoms with Crippen molar-refractivity contribution in [2.45, 2.75) is 46.0 Å². The highest BCUT2D eigenvalue weighted by Gasteiger charge is 2.13. The van der Waals surface area contributed by atoms with Crippen molar-refractivity contribution >= 4 is 37.6 Å². The summed E-state index contributed by atoms with van der Waals surface area (Å²) in [6, 6.07) is 9.52. The molecule has 0 aliphatic rings. The summed E-state index contributed by atoms with van der Waals surface area (Å²) in [5, 5.41) is 10.00. The fourth-order valence-corrected chi connectivity index (χ4v) is 4.15. The lowest BCUT2D eigenvalue weighted by atomic mass is 9.96. The zero-order valence-electron chi connectivity index (χ0n) is 15.3. The number of ether oxygens (including phenoxy) is 1. The minimum atomic E-state index is 0.0990. The summed E-state index contributed by atoms with van der Waals surface area (Å²) < 4.78 is 7.45. The molecule has 0 bridgehead atoms. The number of phenolic OH excluding ortho intramolecular Hbond substituents is 1. The highest BCUT2D eigenvalue weighted by atomic mass is 79.9.